The Morgan fingerprint density at radius 2 is 2.00 bits per heavy atom. The van der Waals surface area contributed by atoms with E-state index >= 15 is 0 Å². The van der Waals surface area contributed by atoms with Crippen molar-refractivity contribution in [1.29, 1.82) is 0 Å². The number of hydrogen-bond acceptors (Lipinski definition) is 3. The summed E-state index contributed by atoms with van der Waals surface area (Å²) < 4.78 is 7.43. The van der Waals surface area contributed by atoms with E-state index in [0.29, 0.717) is 5.56 Å². The Hall–Kier alpha value is -2.10. The first-order chi connectivity index (χ1) is 9.63. The maximum absolute atomic E-state index is 11.2. The molecule has 1 aromatic carbocycles. The van der Waals surface area contributed by atoms with Crippen molar-refractivity contribution in [3.63, 3.8) is 0 Å². The molecule has 0 N–H and O–H groups in total. The van der Waals surface area contributed by atoms with E-state index < -0.39 is 0 Å². The first-order valence-corrected chi connectivity index (χ1v) is 6.93. The lowest BCUT2D eigenvalue weighted by Crippen LogP contribution is -2.05. The van der Waals surface area contributed by atoms with Crippen molar-refractivity contribution in [2.75, 3.05) is 0 Å². The number of ether oxygens (including phenoxy) is 1. The maximum Gasteiger partial charge on any atom is 0.153 e. The topological polar surface area (TPSA) is 44.1 Å². The SMILES string of the molecule is CCCn1cc(C=O)c(-c2ccc(OC(C)C)cc2)n1. The third-order valence-corrected chi connectivity index (χ3v) is 2.87. The minimum Gasteiger partial charge on any atom is -0.491 e. The highest BCUT2D eigenvalue weighted by molar-refractivity contribution is 5.85. The van der Waals surface area contributed by atoms with Crippen molar-refractivity contribution in [3.8, 4) is 17.0 Å². The molecule has 20 heavy (non-hydrogen) atoms. The number of carbonyl (C=O) groups is 1. The van der Waals surface area contributed by atoms with Crippen LogP contribution in [0.4, 0.5) is 0 Å². The van der Waals surface area contributed by atoms with E-state index in [-0.39, 0.29) is 6.10 Å². The lowest BCUT2D eigenvalue weighted by atomic mass is 10.1. The van der Waals surface area contributed by atoms with Gasteiger partial charge in [0.15, 0.2) is 6.29 Å². The fourth-order valence-electron chi connectivity index (χ4n) is 2.05. The number of aldehydes is 1. The minimum absolute atomic E-state index is 0.148. The molecule has 0 amide bonds. The maximum atomic E-state index is 11.2. The van der Waals surface area contributed by atoms with Crippen LogP contribution in [-0.2, 0) is 6.54 Å². The monoisotopic (exact) mass is 272 g/mol. The van der Waals surface area contributed by atoms with Gasteiger partial charge < -0.3 is 4.74 Å². The Labute approximate surface area is 119 Å². The van der Waals surface area contributed by atoms with Gasteiger partial charge in [0.05, 0.1) is 11.7 Å². The van der Waals surface area contributed by atoms with Crippen molar-refractivity contribution >= 4 is 6.29 Å². The van der Waals surface area contributed by atoms with E-state index in [4.69, 9.17) is 4.74 Å². The van der Waals surface area contributed by atoms with E-state index in [9.17, 15) is 4.79 Å². The molecular weight excluding hydrogens is 252 g/mol. The first-order valence-electron chi connectivity index (χ1n) is 6.93. The van der Waals surface area contributed by atoms with Crippen LogP contribution in [0.3, 0.4) is 0 Å². The van der Waals surface area contributed by atoms with Gasteiger partial charge in [-0.3, -0.25) is 9.48 Å². The first kappa shape index (κ1) is 14.3. The zero-order chi connectivity index (χ0) is 14.5. The highest BCUT2D eigenvalue weighted by atomic mass is 16.5. The van der Waals surface area contributed by atoms with Crippen molar-refractivity contribution < 1.29 is 9.53 Å². The summed E-state index contributed by atoms with van der Waals surface area (Å²) in [7, 11) is 0. The van der Waals surface area contributed by atoms with Crippen LogP contribution in [0.15, 0.2) is 30.5 Å². The van der Waals surface area contributed by atoms with Crippen LogP contribution in [-0.4, -0.2) is 22.2 Å². The second-order valence-electron chi connectivity index (χ2n) is 5.00. The normalized spacial score (nSPS) is 10.8. The Balaban J connectivity index is 2.28. The summed E-state index contributed by atoms with van der Waals surface area (Å²) in [6.45, 7) is 6.88. The molecule has 0 unspecified atom stereocenters. The minimum atomic E-state index is 0.148. The molecule has 0 fully saturated rings. The molecule has 4 heteroatoms. The molecule has 0 atom stereocenters. The quantitative estimate of drug-likeness (QED) is 0.755. The average Bonchev–Trinajstić information content (AvgIpc) is 2.82. The molecule has 106 valence electrons. The highest BCUT2D eigenvalue weighted by Crippen LogP contribution is 2.24. The number of carbonyl (C=O) groups excluding carboxylic acids is 1. The Bertz CT molecular complexity index is 571. The van der Waals surface area contributed by atoms with Crippen LogP contribution in [0.2, 0.25) is 0 Å². The molecule has 0 saturated carbocycles. The third-order valence-electron chi connectivity index (χ3n) is 2.87. The van der Waals surface area contributed by atoms with E-state index in [2.05, 4.69) is 12.0 Å². The van der Waals surface area contributed by atoms with Crippen LogP contribution in [0.1, 0.15) is 37.6 Å². The molecule has 0 radical (unpaired) electrons. The van der Waals surface area contributed by atoms with E-state index in [0.717, 1.165) is 36.3 Å². The van der Waals surface area contributed by atoms with Gasteiger partial charge in [-0.1, -0.05) is 6.92 Å². The van der Waals surface area contributed by atoms with Crippen molar-refractivity contribution in [2.24, 2.45) is 0 Å². The molecule has 2 aromatic rings. The van der Waals surface area contributed by atoms with Gasteiger partial charge in [0, 0.05) is 18.3 Å². The highest BCUT2D eigenvalue weighted by Gasteiger charge is 2.10. The van der Waals surface area contributed by atoms with Gasteiger partial charge in [0.1, 0.15) is 11.4 Å². The van der Waals surface area contributed by atoms with Crippen molar-refractivity contribution in [1.82, 2.24) is 9.78 Å². The van der Waals surface area contributed by atoms with Gasteiger partial charge >= 0.3 is 0 Å². The molecule has 1 heterocycles. The smallest absolute Gasteiger partial charge is 0.153 e. The summed E-state index contributed by atoms with van der Waals surface area (Å²) in [4.78, 5) is 11.2. The Morgan fingerprint density at radius 1 is 1.30 bits per heavy atom. The van der Waals surface area contributed by atoms with Gasteiger partial charge in [0.25, 0.3) is 0 Å². The number of nitrogens with zero attached hydrogens (tertiary/aromatic N) is 2. The van der Waals surface area contributed by atoms with Gasteiger partial charge in [-0.15, -0.1) is 0 Å². The van der Waals surface area contributed by atoms with Crippen LogP contribution in [0, 0.1) is 0 Å². The van der Waals surface area contributed by atoms with Crippen molar-refractivity contribution in [3.05, 3.63) is 36.0 Å². The Kier molecular flexibility index (Phi) is 4.56. The summed E-state index contributed by atoms with van der Waals surface area (Å²) >= 11 is 0. The molecule has 1 aromatic heterocycles. The molecule has 0 aliphatic rings. The molecular formula is C16H20N2O2. The van der Waals surface area contributed by atoms with Crippen molar-refractivity contribution in [2.45, 2.75) is 39.8 Å². The fraction of sp³-hybridized carbons (Fsp3) is 0.375. The molecule has 2 rings (SSSR count). The molecule has 0 spiro atoms. The molecule has 4 nitrogen and oxygen atoms in total. The molecule has 0 bridgehead atoms. The van der Waals surface area contributed by atoms with Gasteiger partial charge in [-0.25, -0.2) is 0 Å². The van der Waals surface area contributed by atoms with Crippen LogP contribution >= 0.6 is 0 Å². The van der Waals surface area contributed by atoms with Crippen LogP contribution in [0.5, 0.6) is 5.75 Å². The lowest BCUT2D eigenvalue weighted by Gasteiger charge is -2.09. The second-order valence-corrected chi connectivity index (χ2v) is 5.00. The lowest BCUT2D eigenvalue weighted by molar-refractivity contribution is 0.112. The largest absolute Gasteiger partial charge is 0.491 e. The summed E-state index contributed by atoms with van der Waals surface area (Å²) in [6, 6.07) is 7.68. The summed E-state index contributed by atoms with van der Waals surface area (Å²) in [6.07, 6.45) is 3.79. The van der Waals surface area contributed by atoms with Gasteiger partial charge in [-0.05, 0) is 44.5 Å². The van der Waals surface area contributed by atoms with E-state index in [1.54, 1.807) is 6.20 Å². The molecule has 0 aliphatic heterocycles. The molecule has 0 aliphatic carbocycles. The van der Waals surface area contributed by atoms with Gasteiger partial charge in [-0.2, -0.15) is 5.10 Å². The predicted molar refractivity (Wildman–Crippen MR) is 79.1 cm³/mol. The summed E-state index contributed by atoms with van der Waals surface area (Å²) in [5.41, 5.74) is 2.28. The predicted octanol–water partition coefficient (Wildman–Crippen LogP) is 3.56. The summed E-state index contributed by atoms with van der Waals surface area (Å²) in [5.74, 6) is 0.824. The van der Waals surface area contributed by atoms with E-state index in [1.807, 2.05) is 42.8 Å². The average molecular weight is 272 g/mol. The fourth-order valence-corrected chi connectivity index (χ4v) is 2.05. The standard InChI is InChI=1S/C16H20N2O2/c1-4-9-18-10-14(11-19)16(17-18)13-5-7-15(8-6-13)20-12(2)3/h5-8,10-12H,4,9H2,1-3H3. The van der Waals surface area contributed by atoms with Crippen LogP contribution in [0.25, 0.3) is 11.3 Å². The van der Waals surface area contributed by atoms with Gasteiger partial charge in [0.2, 0.25) is 0 Å². The number of benzene rings is 1. The number of rotatable bonds is 6. The zero-order valence-electron chi connectivity index (χ0n) is 12.2. The number of aromatic nitrogens is 2. The summed E-state index contributed by atoms with van der Waals surface area (Å²) in [5, 5.41) is 4.48. The number of aryl methyl sites for hydroxylation is 1. The third kappa shape index (κ3) is 3.26. The number of hydrogen-bond donors (Lipinski definition) is 0. The van der Waals surface area contributed by atoms with Crippen LogP contribution < -0.4 is 4.74 Å². The molecule has 0 saturated heterocycles. The zero-order valence-corrected chi connectivity index (χ0v) is 12.2. The Morgan fingerprint density at radius 3 is 2.55 bits per heavy atom. The van der Waals surface area contributed by atoms with E-state index in [1.165, 1.54) is 0 Å². The second kappa shape index (κ2) is 6.37.